The minimum absolute atomic E-state index is 0.261. The molecule has 1 aromatic carbocycles. The first-order chi connectivity index (χ1) is 10.3. The lowest BCUT2D eigenvalue weighted by atomic mass is 10.0. The molecule has 0 saturated carbocycles. The van der Waals surface area contributed by atoms with E-state index < -0.39 is 0 Å². The van der Waals surface area contributed by atoms with Gasteiger partial charge in [0, 0.05) is 12.6 Å². The Hall–Kier alpha value is -2.17. The van der Waals surface area contributed by atoms with Crippen LogP contribution < -0.4 is 14.8 Å². The molecule has 0 saturated heterocycles. The minimum atomic E-state index is 0.261. The van der Waals surface area contributed by atoms with Gasteiger partial charge in [0.2, 0.25) is 0 Å². The van der Waals surface area contributed by atoms with E-state index in [1.807, 2.05) is 6.07 Å². The third-order valence-electron chi connectivity index (χ3n) is 4.12. The molecule has 4 rings (SSSR count). The fourth-order valence-electron chi connectivity index (χ4n) is 3.02. The van der Waals surface area contributed by atoms with Gasteiger partial charge in [-0.2, -0.15) is 5.10 Å². The van der Waals surface area contributed by atoms with Gasteiger partial charge in [-0.1, -0.05) is 13.0 Å². The third kappa shape index (κ3) is 2.13. The van der Waals surface area contributed by atoms with E-state index in [0.717, 1.165) is 42.4 Å². The van der Waals surface area contributed by atoms with Crippen molar-refractivity contribution in [3.8, 4) is 11.5 Å². The zero-order chi connectivity index (χ0) is 14.2. The lowest BCUT2D eigenvalue weighted by Gasteiger charge is -2.27. The number of hydrogen-bond donors (Lipinski definition) is 1. The summed E-state index contributed by atoms with van der Waals surface area (Å²) in [5.41, 5.74) is 2.36. The molecule has 5 heteroatoms. The summed E-state index contributed by atoms with van der Waals surface area (Å²) < 4.78 is 13.4. The van der Waals surface area contributed by atoms with Crippen molar-refractivity contribution in [3.63, 3.8) is 0 Å². The summed E-state index contributed by atoms with van der Waals surface area (Å²) in [6, 6.07) is 8.64. The number of nitrogens with zero attached hydrogens (tertiary/aromatic N) is 2. The quantitative estimate of drug-likeness (QED) is 0.921. The Morgan fingerprint density at radius 3 is 2.95 bits per heavy atom. The van der Waals surface area contributed by atoms with Crippen LogP contribution in [0.5, 0.6) is 11.5 Å². The maximum absolute atomic E-state index is 5.70. The molecule has 21 heavy (non-hydrogen) atoms. The van der Waals surface area contributed by atoms with Crippen molar-refractivity contribution in [3.05, 3.63) is 35.5 Å². The first-order valence-corrected chi connectivity index (χ1v) is 7.57. The van der Waals surface area contributed by atoms with Crippen molar-refractivity contribution in [1.29, 1.82) is 0 Å². The number of nitrogens with one attached hydrogen (secondary N) is 1. The van der Waals surface area contributed by atoms with Crippen molar-refractivity contribution in [1.82, 2.24) is 9.78 Å². The molecule has 3 heterocycles. The van der Waals surface area contributed by atoms with E-state index in [0.29, 0.717) is 13.2 Å². The highest BCUT2D eigenvalue weighted by atomic mass is 16.6. The van der Waals surface area contributed by atoms with E-state index in [1.54, 1.807) is 0 Å². The average molecular weight is 285 g/mol. The molecule has 0 aliphatic carbocycles. The summed E-state index contributed by atoms with van der Waals surface area (Å²) in [6.07, 6.45) is 1.98. The summed E-state index contributed by atoms with van der Waals surface area (Å²) >= 11 is 0. The Balaban J connectivity index is 1.72. The van der Waals surface area contributed by atoms with Gasteiger partial charge in [0.15, 0.2) is 11.5 Å². The van der Waals surface area contributed by atoms with Crippen LogP contribution in [0.4, 0.5) is 5.82 Å². The molecule has 1 atom stereocenters. The molecule has 2 aliphatic heterocycles. The number of aryl methyl sites for hydroxylation is 1. The predicted octanol–water partition coefficient (Wildman–Crippen LogP) is 2.62. The summed E-state index contributed by atoms with van der Waals surface area (Å²) in [4.78, 5) is 0. The number of benzene rings is 1. The number of aromatic nitrogens is 2. The average Bonchev–Trinajstić information content (AvgIpc) is 2.97. The van der Waals surface area contributed by atoms with Crippen LogP contribution in [-0.4, -0.2) is 29.5 Å². The Morgan fingerprint density at radius 2 is 2.10 bits per heavy atom. The van der Waals surface area contributed by atoms with Crippen LogP contribution in [-0.2, 0) is 6.42 Å². The van der Waals surface area contributed by atoms with Crippen LogP contribution in [0, 0.1) is 0 Å². The molecular formula is C16H19N3O2. The molecule has 2 aliphatic rings. The molecule has 5 nitrogen and oxygen atoms in total. The monoisotopic (exact) mass is 285 g/mol. The largest absolute Gasteiger partial charge is 0.486 e. The molecule has 0 fully saturated rings. The van der Waals surface area contributed by atoms with Gasteiger partial charge in [-0.05, 0) is 30.5 Å². The van der Waals surface area contributed by atoms with Crippen LogP contribution in [0.15, 0.2) is 24.3 Å². The number of fused-ring (bicyclic) bond motifs is 2. The fraction of sp³-hybridized carbons (Fsp3) is 0.438. The van der Waals surface area contributed by atoms with Crippen molar-refractivity contribution < 1.29 is 9.47 Å². The third-order valence-corrected chi connectivity index (χ3v) is 4.12. The first kappa shape index (κ1) is 12.6. The van der Waals surface area contributed by atoms with E-state index in [-0.39, 0.29) is 6.04 Å². The SMILES string of the molecule is CCc1cc2n(n1)C(c1ccc3c(c1)OCCO3)CCN2. The van der Waals surface area contributed by atoms with Crippen molar-refractivity contribution in [2.45, 2.75) is 25.8 Å². The lowest BCUT2D eigenvalue weighted by Crippen LogP contribution is -2.24. The van der Waals surface area contributed by atoms with Crippen LogP contribution in [0.1, 0.15) is 30.6 Å². The van der Waals surface area contributed by atoms with Crippen molar-refractivity contribution in [2.24, 2.45) is 0 Å². The summed E-state index contributed by atoms with van der Waals surface area (Å²) in [5.74, 6) is 2.80. The smallest absolute Gasteiger partial charge is 0.161 e. The molecule has 0 bridgehead atoms. The van der Waals surface area contributed by atoms with E-state index in [2.05, 4.69) is 35.1 Å². The highest BCUT2D eigenvalue weighted by Gasteiger charge is 2.24. The molecule has 2 aromatic rings. The Morgan fingerprint density at radius 1 is 1.24 bits per heavy atom. The van der Waals surface area contributed by atoms with Gasteiger partial charge in [-0.25, -0.2) is 4.68 Å². The van der Waals surface area contributed by atoms with E-state index in [9.17, 15) is 0 Å². The molecule has 110 valence electrons. The second kappa shape index (κ2) is 4.98. The Bertz CT molecular complexity index is 666. The zero-order valence-corrected chi connectivity index (χ0v) is 12.1. The van der Waals surface area contributed by atoms with Gasteiger partial charge in [-0.3, -0.25) is 0 Å². The first-order valence-electron chi connectivity index (χ1n) is 7.57. The highest BCUT2D eigenvalue weighted by Crippen LogP contribution is 2.36. The molecule has 1 unspecified atom stereocenters. The number of ether oxygens (including phenoxy) is 2. The van der Waals surface area contributed by atoms with E-state index in [4.69, 9.17) is 14.6 Å². The second-order valence-electron chi connectivity index (χ2n) is 5.45. The maximum atomic E-state index is 5.70. The van der Waals surface area contributed by atoms with Gasteiger partial charge in [0.25, 0.3) is 0 Å². The van der Waals surface area contributed by atoms with Crippen molar-refractivity contribution in [2.75, 3.05) is 25.1 Å². The minimum Gasteiger partial charge on any atom is -0.486 e. The molecule has 0 amide bonds. The van der Waals surface area contributed by atoms with Crippen LogP contribution in [0.3, 0.4) is 0 Å². The predicted molar refractivity (Wildman–Crippen MR) is 80.3 cm³/mol. The second-order valence-corrected chi connectivity index (χ2v) is 5.45. The van der Waals surface area contributed by atoms with Gasteiger partial charge >= 0.3 is 0 Å². The fourth-order valence-corrected chi connectivity index (χ4v) is 3.02. The number of hydrogen-bond acceptors (Lipinski definition) is 4. The standard InChI is InChI=1S/C16H19N3O2/c1-2-12-10-16-17-6-5-13(19(16)18-12)11-3-4-14-15(9-11)21-8-7-20-14/h3-4,9-10,13,17H,2,5-8H2,1H3. The summed E-state index contributed by atoms with van der Waals surface area (Å²) in [7, 11) is 0. The molecule has 0 radical (unpaired) electrons. The van der Waals surface area contributed by atoms with E-state index in [1.165, 1.54) is 5.56 Å². The van der Waals surface area contributed by atoms with Crippen LogP contribution >= 0.6 is 0 Å². The normalized spacial score (nSPS) is 19.8. The molecule has 1 aromatic heterocycles. The number of rotatable bonds is 2. The Kier molecular flexibility index (Phi) is 2.98. The van der Waals surface area contributed by atoms with E-state index >= 15 is 0 Å². The zero-order valence-electron chi connectivity index (χ0n) is 12.1. The molecule has 1 N–H and O–H groups in total. The highest BCUT2D eigenvalue weighted by molar-refractivity contribution is 5.47. The summed E-state index contributed by atoms with van der Waals surface area (Å²) in [6.45, 7) is 4.35. The lowest BCUT2D eigenvalue weighted by molar-refractivity contribution is 0.171. The van der Waals surface area contributed by atoms with Gasteiger partial charge in [-0.15, -0.1) is 0 Å². The van der Waals surface area contributed by atoms with Crippen molar-refractivity contribution >= 4 is 5.82 Å². The molecular weight excluding hydrogens is 266 g/mol. The molecule has 0 spiro atoms. The van der Waals surface area contributed by atoms with Crippen LogP contribution in [0.25, 0.3) is 0 Å². The number of anilines is 1. The van der Waals surface area contributed by atoms with Crippen LogP contribution in [0.2, 0.25) is 0 Å². The maximum Gasteiger partial charge on any atom is 0.161 e. The summed E-state index contributed by atoms with van der Waals surface area (Å²) in [5, 5.41) is 8.15. The van der Waals surface area contributed by atoms with Gasteiger partial charge < -0.3 is 14.8 Å². The Labute approximate surface area is 123 Å². The topological polar surface area (TPSA) is 48.3 Å². The van der Waals surface area contributed by atoms with Gasteiger partial charge in [0.05, 0.1) is 11.7 Å². The van der Waals surface area contributed by atoms with Gasteiger partial charge in [0.1, 0.15) is 19.0 Å².